The van der Waals surface area contributed by atoms with Crippen LogP contribution in [0.2, 0.25) is 0 Å². The molecule has 0 unspecified atom stereocenters. The molecule has 0 radical (unpaired) electrons. The highest BCUT2D eigenvalue weighted by Gasteiger charge is 2.41. The van der Waals surface area contributed by atoms with Crippen molar-refractivity contribution < 1.29 is 0 Å². The van der Waals surface area contributed by atoms with Gasteiger partial charge in [-0.05, 0) is 16.7 Å². The fraction of sp³-hybridized carbons (Fsp3) is 0.167. The summed E-state index contributed by atoms with van der Waals surface area (Å²) in [6, 6.07) is 3.51. The van der Waals surface area contributed by atoms with E-state index in [4.69, 9.17) is 5.53 Å². The van der Waals surface area contributed by atoms with E-state index in [1.807, 2.05) is 0 Å². The van der Waals surface area contributed by atoms with Gasteiger partial charge in [0.25, 0.3) is 5.79 Å². The lowest BCUT2D eigenvalue weighted by Gasteiger charge is -2.00. The van der Waals surface area contributed by atoms with Gasteiger partial charge in [-0.25, -0.2) is 0 Å². The molecule has 0 atom stereocenters. The number of rotatable bonds is 2. The van der Waals surface area contributed by atoms with Crippen LogP contribution in [0.3, 0.4) is 0 Å². The molecule has 2 rings (SSSR count). The first kappa shape index (κ1) is 6.75. The molecule has 1 aromatic rings. The van der Waals surface area contributed by atoms with Gasteiger partial charge in [0.05, 0.1) is 0 Å². The number of pyridine rings is 1. The van der Waals surface area contributed by atoms with Crippen LogP contribution in [0, 0.1) is 0 Å². The molecule has 0 amide bonds. The Morgan fingerprint density at radius 1 is 1.50 bits per heavy atom. The molecule has 0 saturated carbocycles. The van der Waals surface area contributed by atoms with E-state index in [2.05, 4.69) is 25.2 Å². The van der Waals surface area contributed by atoms with Gasteiger partial charge >= 0.3 is 0 Å². The average Bonchev–Trinajstić information content (AvgIpc) is 2.88. The molecule has 0 fully saturated rings. The van der Waals surface area contributed by atoms with Crippen LogP contribution in [0.1, 0.15) is 5.56 Å². The van der Waals surface area contributed by atoms with E-state index in [0.29, 0.717) is 5.56 Å². The predicted molar refractivity (Wildman–Crippen MR) is 39.9 cm³/mol. The molecule has 0 N–H and O–H groups in total. The van der Waals surface area contributed by atoms with Gasteiger partial charge in [0.2, 0.25) is 0 Å². The van der Waals surface area contributed by atoms with Gasteiger partial charge in [-0.15, -0.1) is 10.2 Å². The molecule has 1 aliphatic heterocycles. The fourth-order valence-electron chi connectivity index (χ4n) is 0.884. The first-order chi connectivity index (χ1) is 5.87. The van der Waals surface area contributed by atoms with Gasteiger partial charge in [-0.2, -0.15) is 0 Å². The Bertz CT molecular complexity index is 357. The van der Waals surface area contributed by atoms with Crippen molar-refractivity contribution in [2.24, 2.45) is 15.3 Å². The second-order valence-electron chi connectivity index (χ2n) is 2.27. The molecule has 0 spiro atoms. The zero-order chi connectivity index (χ0) is 8.44. The summed E-state index contributed by atoms with van der Waals surface area (Å²) in [6.07, 6.45) is 3.21. The van der Waals surface area contributed by atoms with E-state index >= 15 is 0 Å². The number of hydrogen-bond acceptors (Lipinski definition) is 4. The maximum absolute atomic E-state index is 8.22. The topological polar surface area (TPSA) is 86.4 Å². The first-order valence-electron chi connectivity index (χ1n) is 3.28. The molecule has 6 heteroatoms. The quantitative estimate of drug-likeness (QED) is 0.369. The minimum Gasteiger partial charge on any atom is -0.264 e. The Kier molecular flexibility index (Phi) is 1.28. The van der Waals surface area contributed by atoms with E-state index in [0.717, 1.165) is 0 Å². The summed E-state index contributed by atoms with van der Waals surface area (Å²) in [5.74, 6) is -1.01. The maximum atomic E-state index is 8.22. The van der Waals surface area contributed by atoms with E-state index in [1.54, 1.807) is 24.5 Å². The average molecular weight is 160 g/mol. The van der Waals surface area contributed by atoms with Gasteiger partial charge in [0, 0.05) is 22.9 Å². The third-order valence-corrected chi connectivity index (χ3v) is 1.52. The molecular formula is C6H4N6. The van der Waals surface area contributed by atoms with Crippen molar-refractivity contribution in [2.45, 2.75) is 5.79 Å². The minimum absolute atomic E-state index is 0.697. The van der Waals surface area contributed by atoms with Gasteiger partial charge in [-0.1, -0.05) is 6.07 Å². The van der Waals surface area contributed by atoms with Crippen molar-refractivity contribution in [3.05, 3.63) is 40.5 Å². The second-order valence-corrected chi connectivity index (χ2v) is 2.27. The van der Waals surface area contributed by atoms with Crippen molar-refractivity contribution in [3.8, 4) is 0 Å². The van der Waals surface area contributed by atoms with Crippen molar-refractivity contribution >= 4 is 0 Å². The fourth-order valence-corrected chi connectivity index (χ4v) is 0.884. The summed E-state index contributed by atoms with van der Waals surface area (Å²) in [5, 5.41) is 10.8. The Morgan fingerprint density at radius 3 is 2.83 bits per heavy atom. The Labute approximate surface area is 67.6 Å². The summed E-state index contributed by atoms with van der Waals surface area (Å²) >= 11 is 0. The Morgan fingerprint density at radius 2 is 2.33 bits per heavy atom. The van der Waals surface area contributed by atoms with Crippen molar-refractivity contribution in [1.82, 2.24) is 4.98 Å². The monoisotopic (exact) mass is 160 g/mol. The van der Waals surface area contributed by atoms with Crippen molar-refractivity contribution in [2.75, 3.05) is 0 Å². The molecule has 6 nitrogen and oxygen atoms in total. The second kappa shape index (κ2) is 2.28. The van der Waals surface area contributed by atoms with Crippen molar-refractivity contribution in [3.63, 3.8) is 0 Å². The molecule has 0 aromatic carbocycles. The summed E-state index contributed by atoms with van der Waals surface area (Å²) < 4.78 is 0. The van der Waals surface area contributed by atoms with Crippen LogP contribution in [-0.4, -0.2) is 4.98 Å². The third-order valence-electron chi connectivity index (χ3n) is 1.52. The lowest BCUT2D eigenvalue weighted by Crippen LogP contribution is -2.02. The van der Waals surface area contributed by atoms with E-state index < -0.39 is 5.79 Å². The van der Waals surface area contributed by atoms with Crippen LogP contribution in [0.5, 0.6) is 0 Å². The van der Waals surface area contributed by atoms with Crippen LogP contribution in [-0.2, 0) is 5.79 Å². The van der Waals surface area contributed by atoms with Gasteiger partial charge in [0.1, 0.15) is 0 Å². The largest absolute Gasteiger partial charge is 0.295 e. The molecule has 2 heterocycles. The number of nitrogens with zero attached hydrogens (tertiary/aromatic N) is 6. The first-order valence-corrected chi connectivity index (χ1v) is 3.28. The number of hydrogen-bond donors (Lipinski definition) is 0. The molecule has 0 saturated heterocycles. The van der Waals surface area contributed by atoms with Gasteiger partial charge in [0.15, 0.2) is 0 Å². The lowest BCUT2D eigenvalue weighted by atomic mass is 10.2. The number of azide groups is 1. The normalized spacial score (nSPS) is 16.7. The van der Waals surface area contributed by atoms with Crippen LogP contribution < -0.4 is 0 Å². The highest BCUT2D eigenvalue weighted by atomic mass is 15.6. The summed E-state index contributed by atoms with van der Waals surface area (Å²) in [5.41, 5.74) is 8.92. The third kappa shape index (κ3) is 0.906. The molecule has 12 heavy (non-hydrogen) atoms. The van der Waals surface area contributed by atoms with Crippen LogP contribution in [0.15, 0.2) is 39.9 Å². The molecule has 1 aromatic heterocycles. The van der Waals surface area contributed by atoms with E-state index in [-0.39, 0.29) is 0 Å². The van der Waals surface area contributed by atoms with Gasteiger partial charge < -0.3 is 0 Å². The Hall–Kier alpha value is -1.94. The van der Waals surface area contributed by atoms with E-state index in [1.165, 1.54) is 0 Å². The zero-order valence-electron chi connectivity index (χ0n) is 5.99. The predicted octanol–water partition coefficient (Wildman–Crippen LogP) is 1.97. The maximum Gasteiger partial charge on any atom is 0.295 e. The lowest BCUT2D eigenvalue weighted by molar-refractivity contribution is 0.674. The summed E-state index contributed by atoms with van der Waals surface area (Å²) in [7, 11) is 0. The molecule has 58 valence electrons. The van der Waals surface area contributed by atoms with Crippen LogP contribution in [0.4, 0.5) is 0 Å². The van der Waals surface area contributed by atoms with Crippen LogP contribution >= 0.6 is 0 Å². The molecule has 0 aliphatic carbocycles. The molecular weight excluding hydrogens is 156 g/mol. The summed E-state index contributed by atoms with van der Waals surface area (Å²) in [4.78, 5) is 6.53. The zero-order valence-corrected chi connectivity index (χ0v) is 5.99. The number of aromatic nitrogens is 1. The highest BCUT2D eigenvalue weighted by molar-refractivity contribution is 5.22. The van der Waals surface area contributed by atoms with Gasteiger partial charge in [-0.3, -0.25) is 4.98 Å². The molecule has 0 bridgehead atoms. The highest BCUT2D eigenvalue weighted by Crippen LogP contribution is 2.40. The smallest absolute Gasteiger partial charge is 0.264 e. The van der Waals surface area contributed by atoms with E-state index in [9.17, 15) is 0 Å². The van der Waals surface area contributed by atoms with Crippen LogP contribution in [0.25, 0.3) is 10.4 Å². The SMILES string of the molecule is [N-]=[N+]=NC1(c2cccnc2)N=N1. The summed E-state index contributed by atoms with van der Waals surface area (Å²) in [6.45, 7) is 0. The Balaban J connectivity index is 2.37. The minimum atomic E-state index is -1.01. The molecule has 1 aliphatic rings. The van der Waals surface area contributed by atoms with Crippen molar-refractivity contribution in [1.29, 1.82) is 0 Å². The standard InChI is InChI=1S/C6H4N6/c7-12-11-6(9-10-6)5-2-1-3-8-4-5/h1-4H.